The fraction of sp³-hybridized carbons (Fsp3) is 0.333. The quantitative estimate of drug-likeness (QED) is 0.473. The minimum Gasteiger partial charge on any atom is -0.0879 e. The molecule has 0 unspecified atom stereocenters. The van der Waals surface area contributed by atoms with E-state index < -0.39 is 0 Å². The Balaban J connectivity index is 2.41. The largest absolute Gasteiger partial charge is 0.0879 e. The molecular weight excluding hydrogens is 144 g/mol. The van der Waals surface area contributed by atoms with Gasteiger partial charge in [-0.2, -0.15) is 0 Å². The Bertz CT molecular complexity index is 204. The Kier molecular flexibility index (Phi) is 5.02. The monoisotopic (exact) mass is 160 g/mol. The molecular formula is C12H16. The van der Waals surface area contributed by atoms with Crippen LogP contribution in [0.2, 0.25) is 0 Å². The van der Waals surface area contributed by atoms with Crippen molar-refractivity contribution < 1.29 is 0 Å². The fourth-order valence-electron chi connectivity index (χ4n) is 1.09. The van der Waals surface area contributed by atoms with Crippen LogP contribution in [0.5, 0.6) is 0 Å². The molecule has 0 bridgehead atoms. The summed E-state index contributed by atoms with van der Waals surface area (Å²) in [5, 5.41) is 0. The molecule has 0 saturated carbocycles. The summed E-state index contributed by atoms with van der Waals surface area (Å²) in [5.74, 6) is 0. The van der Waals surface area contributed by atoms with Crippen molar-refractivity contribution in [2.24, 2.45) is 0 Å². The molecule has 0 fully saturated rings. The van der Waals surface area contributed by atoms with E-state index in [1.807, 2.05) is 0 Å². The molecule has 12 heavy (non-hydrogen) atoms. The van der Waals surface area contributed by atoms with Gasteiger partial charge in [-0.3, -0.25) is 0 Å². The zero-order valence-corrected chi connectivity index (χ0v) is 7.45. The predicted octanol–water partition coefficient (Wildman–Crippen LogP) is 3.79. The van der Waals surface area contributed by atoms with Crippen molar-refractivity contribution in [1.29, 1.82) is 0 Å². The second-order valence-electron chi connectivity index (χ2n) is 2.85. The van der Waals surface area contributed by atoms with Crippen LogP contribution in [0.25, 0.3) is 0 Å². The molecule has 0 atom stereocenters. The summed E-state index contributed by atoms with van der Waals surface area (Å²) < 4.78 is 0. The number of rotatable bonds is 0. The summed E-state index contributed by atoms with van der Waals surface area (Å²) in [5.41, 5.74) is 0. The molecule has 0 spiro atoms. The lowest BCUT2D eigenvalue weighted by molar-refractivity contribution is 1.04. The van der Waals surface area contributed by atoms with E-state index in [-0.39, 0.29) is 0 Å². The zero-order chi connectivity index (χ0) is 8.49. The average Bonchev–Trinajstić information content (AvgIpc) is 2.05. The van der Waals surface area contributed by atoms with Crippen molar-refractivity contribution in [1.82, 2.24) is 0 Å². The van der Waals surface area contributed by atoms with Gasteiger partial charge in [0.1, 0.15) is 0 Å². The van der Waals surface area contributed by atoms with Gasteiger partial charge in [-0.25, -0.2) is 0 Å². The molecule has 0 heteroatoms. The van der Waals surface area contributed by atoms with Gasteiger partial charge < -0.3 is 0 Å². The molecule has 0 radical (unpaired) electrons. The van der Waals surface area contributed by atoms with Crippen LogP contribution >= 0.6 is 0 Å². The standard InChI is InChI=1S/C12H16/c1-2-4-6-8-10-12-11-9-7-5-3-1/h1-4,7,9-10,12H,5-6,8,11H2/b3-1+,4-2-,9-7?,12-10-. The van der Waals surface area contributed by atoms with Gasteiger partial charge in [-0.15, -0.1) is 0 Å². The summed E-state index contributed by atoms with van der Waals surface area (Å²) in [4.78, 5) is 0. The molecule has 0 aliphatic heterocycles. The van der Waals surface area contributed by atoms with Gasteiger partial charge in [0.25, 0.3) is 0 Å². The van der Waals surface area contributed by atoms with Crippen LogP contribution in [0, 0.1) is 0 Å². The van der Waals surface area contributed by atoms with Crippen LogP contribution in [-0.2, 0) is 0 Å². The number of hydrogen-bond acceptors (Lipinski definition) is 0. The Labute approximate surface area is 75.0 Å². The van der Waals surface area contributed by atoms with Crippen molar-refractivity contribution >= 4 is 0 Å². The molecule has 1 aliphatic rings. The lowest BCUT2D eigenvalue weighted by Gasteiger charge is -1.88. The SMILES string of the molecule is C1=CC/C=C/C=C\CC/C=C\C1. The van der Waals surface area contributed by atoms with E-state index in [9.17, 15) is 0 Å². The minimum atomic E-state index is 1.05. The van der Waals surface area contributed by atoms with E-state index in [0.717, 1.165) is 25.7 Å². The molecule has 1 rings (SSSR count). The van der Waals surface area contributed by atoms with E-state index >= 15 is 0 Å². The summed E-state index contributed by atoms with van der Waals surface area (Å²) >= 11 is 0. The van der Waals surface area contributed by atoms with Crippen molar-refractivity contribution in [3.63, 3.8) is 0 Å². The smallest absolute Gasteiger partial charge is 0.0166 e. The summed E-state index contributed by atoms with van der Waals surface area (Å²) in [6.07, 6.45) is 22.0. The summed E-state index contributed by atoms with van der Waals surface area (Å²) in [6, 6.07) is 0. The first-order chi connectivity index (χ1) is 6.00. The molecule has 0 amide bonds. The third-order valence-corrected chi connectivity index (χ3v) is 1.76. The van der Waals surface area contributed by atoms with E-state index in [0.29, 0.717) is 0 Å². The molecule has 0 nitrogen and oxygen atoms in total. The highest BCUT2D eigenvalue weighted by Crippen LogP contribution is 1.98. The van der Waals surface area contributed by atoms with Crippen LogP contribution in [0.3, 0.4) is 0 Å². The van der Waals surface area contributed by atoms with Crippen molar-refractivity contribution in [2.75, 3.05) is 0 Å². The second kappa shape index (κ2) is 6.66. The topological polar surface area (TPSA) is 0 Å². The van der Waals surface area contributed by atoms with Gasteiger partial charge in [0, 0.05) is 0 Å². The van der Waals surface area contributed by atoms with Crippen LogP contribution in [-0.4, -0.2) is 0 Å². The number of allylic oxidation sites excluding steroid dienone is 8. The number of hydrogen-bond donors (Lipinski definition) is 0. The molecule has 64 valence electrons. The van der Waals surface area contributed by atoms with Crippen LogP contribution in [0.4, 0.5) is 0 Å². The van der Waals surface area contributed by atoms with Gasteiger partial charge in [0.15, 0.2) is 0 Å². The van der Waals surface area contributed by atoms with Crippen molar-refractivity contribution in [3.8, 4) is 0 Å². The van der Waals surface area contributed by atoms with E-state index in [4.69, 9.17) is 0 Å². The third-order valence-electron chi connectivity index (χ3n) is 1.76. The highest BCUT2D eigenvalue weighted by atomic mass is 13.8. The molecule has 0 saturated heterocycles. The Morgan fingerprint density at radius 3 is 2.00 bits per heavy atom. The lowest BCUT2D eigenvalue weighted by Crippen LogP contribution is -1.67. The maximum Gasteiger partial charge on any atom is -0.0166 e. The van der Waals surface area contributed by atoms with E-state index in [1.54, 1.807) is 0 Å². The van der Waals surface area contributed by atoms with Gasteiger partial charge in [-0.1, -0.05) is 48.6 Å². The van der Waals surface area contributed by atoms with Crippen LogP contribution < -0.4 is 0 Å². The summed E-state index contributed by atoms with van der Waals surface area (Å²) in [6.45, 7) is 0. The molecule has 0 N–H and O–H groups in total. The first-order valence-electron chi connectivity index (χ1n) is 4.62. The molecule has 0 aromatic heterocycles. The van der Waals surface area contributed by atoms with Gasteiger partial charge >= 0.3 is 0 Å². The lowest BCUT2D eigenvalue weighted by atomic mass is 10.2. The normalized spacial score (nSPS) is 26.7. The van der Waals surface area contributed by atoms with Crippen LogP contribution in [0.1, 0.15) is 25.7 Å². The molecule has 1 aliphatic carbocycles. The summed E-state index contributed by atoms with van der Waals surface area (Å²) in [7, 11) is 0. The molecule has 0 aromatic carbocycles. The highest BCUT2D eigenvalue weighted by Gasteiger charge is 1.77. The Hall–Kier alpha value is -1.04. The van der Waals surface area contributed by atoms with E-state index in [2.05, 4.69) is 48.6 Å². The maximum absolute atomic E-state index is 2.25. The molecule has 0 aromatic rings. The Morgan fingerprint density at radius 1 is 0.500 bits per heavy atom. The highest BCUT2D eigenvalue weighted by molar-refractivity contribution is 5.06. The minimum absolute atomic E-state index is 1.05. The van der Waals surface area contributed by atoms with Gasteiger partial charge in [0.2, 0.25) is 0 Å². The van der Waals surface area contributed by atoms with Gasteiger partial charge in [-0.05, 0) is 25.7 Å². The van der Waals surface area contributed by atoms with Gasteiger partial charge in [0.05, 0.1) is 0 Å². The van der Waals surface area contributed by atoms with Crippen LogP contribution in [0.15, 0.2) is 48.6 Å². The fourth-order valence-corrected chi connectivity index (χ4v) is 1.09. The zero-order valence-electron chi connectivity index (χ0n) is 7.45. The average molecular weight is 160 g/mol. The first kappa shape index (κ1) is 9.05. The third kappa shape index (κ3) is 4.73. The molecule has 0 heterocycles. The first-order valence-corrected chi connectivity index (χ1v) is 4.62. The predicted molar refractivity (Wildman–Crippen MR) is 55.0 cm³/mol. The second-order valence-corrected chi connectivity index (χ2v) is 2.85. The Morgan fingerprint density at radius 2 is 1.08 bits per heavy atom. The maximum atomic E-state index is 2.25. The van der Waals surface area contributed by atoms with E-state index in [1.165, 1.54) is 0 Å². The van der Waals surface area contributed by atoms with Crippen molar-refractivity contribution in [3.05, 3.63) is 48.6 Å². The van der Waals surface area contributed by atoms with Crippen molar-refractivity contribution in [2.45, 2.75) is 25.7 Å².